The van der Waals surface area contributed by atoms with E-state index in [1.165, 1.54) is 0 Å². The van der Waals surface area contributed by atoms with Crippen LogP contribution in [0.25, 0.3) is 0 Å². The molecule has 1 fully saturated rings. The second kappa shape index (κ2) is 4.67. The third-order valence-corrected chi connectivity index (χ3v) is 2.91. The number of nitrogen functional groups attached to an aromatic ring is 1. The summed E-state index contributed by atoms with van der Waals surface area (Å²) in [6.45, 7) is 3.24. The lowest BCUT2D eigenvalue weighted by Gasteiger charge is -2.10. The molecule has 6 heteroatoms. The number of aromatic nitrogens is 2. The average Bonchev–Trinajstić information content (AvgIpc) is 2.68. The summed E-state index contributed by atoms with van der Waals surface area (Å²) in [5.74, 6) is 0.670. The van der Waals surface area contributed by atoms with Gasteiger partial charge in [-0.1, -0.05) is 0 Å². The second-order valence-electron chi connectivity index (χ2n) is 4.28. The molecule has 1 aliphatic rings. The molecule has 0 aromatic carbocycles. The van der Waals surface area contributed by atoms with E-state index in [-0.39, 0.29) is 11.4 Å². The smallest absolute Gasteiger partial charge is 0.254 e. The summed E-state index contributed by atoms with van der Waals surface area (Å²) in [5, 5.41) is 0. The Kier molecular flexibility index (Phi) is 3.23. The Morgan fingerprint density at radius 2 is 2.29 bits per heavy atom. The van der Waals surface area contributed by atoms with Crippen molar-refractivity contribution in [3.05, 3.63) is 17.1 Å². The maximum Gasteiger partial charge on any atom is 0.254 e. The number of nitrogens with zero attached hydrogens (tertiary/aromatic N) is 2. The molecule has 1 amide bonds. The van der Waals surface area contributed by atoms with Crippen molar-refractivity contribution >= 4 is 11.7 Å². The Morgan fingerprint density at radius 3 is 2.82 bits per heavy atom. The predicted octanol–water partition coefficient (Wildman–Crippen LogP) is 0.0451. The van der Waals surface area contributed by atoms with Crippen LogP contribution in [0.15, 0.2) is 0 Å². The minimum Gasteiger partial charge on any atom is -0.383 e. The van der Waals surface area contributed by atoms with E-state index in [2.05, 4.69) is 9.97 Å². The second-order valence-corrected chi connectivity index (χ2v) is 4.28. The van der Waals surface area contributed by atoms with Crippen molar-refractivity contribution < 1.29 is 9.53 Å². The van der Waals surface area contributed by atoms with Gasteiger partial charge in [0.25, 0.3) is 5.91 Å². The number of amides is 1. The van der Waals surface area contributed by atoms with E-state index < -0.39 is 5.91 Å². The summed E-state index contributed by atoms with van der Waals surface area (Å²) in [7, 11) is 0. The van der Waals surface area contributed by atoms with Gasteiger partial charge in [0.15, 0.2) is 0 Å². The van der Waals surface area contributed by atoms with Crippen LogP contribution in [0.5, 0.6) is 0 Å². The number of carbonyl (C=O) groups is 1. The first kappa shape index (κ1) is 11.8. The van der Waals surface area contributed by atoms with Crippen LogP contribution in [0.2, 0.25) is 0 Å². The maximum absolute atomic E-state index is 11.1. The summed E-state index contributed by atoms with van der Waals surface area (Å²) in [4.78, 5) is 19.5. The molecule has 1 unspecified atom stereocenters. The van der Waals surface area contributed by atoms with Crippen molar-refractivity contribution in [1.82, 2.24) is 9.97 Å². The summed E-state index contributed by atoms with van der Waals surface area (Å²) < 4.78 is 5.29. The molecule has 0 saturated carbocycles. The van der Waals surface area contributed by atoms with Crippen molar-refractivity contribution in [2.45, 2.75) is 19.8 Å². The highest BCUT2D eigenvalue weighted by molar-refractivity contribution is 5.98. The van der Waals surface area contributed by atoms with Gasteiger partial charge < -0.3 is 16.2 Å². The SMILES string of the molecule is Cc1nc(CC2CCOC2)nc(N)c1C(N)=O. The van der Waals surface area contributed by atoms with E-state index in [1.54, 1.807) is 6.92 Å². The average molecular weight is 236 g/mol. The van der Waals surface area contributed by atoms with E-state index in [9.17, 15) is 4.79 Å². The number of hydrogen-bond donors (Lipinski definition) is 2. The molecule has 6 nitrogen and oxygen atoms in total. The summed E-state index contributed by atoms with van der Waals surface area (Å²) in [6, 6.07) is 0. The fourth-order valence-corrected chi connectivity index (χ4v) is 2.05. The number of nitrogens with two attached hydrogens (primary N) is 2. The number of ether oxygens (including phenoxy) is 1. The van der Waals surface area contributed by atoms with Crippen LogP contribution in [0.3, 0.4) is 0 Å². The van der Waals surface area contributed by atoms with Crippen LogP contribution in [0, 0.1) is 12.8 Å². The van der Waals surface area contributed by atoms with Gasteiger partial charge in [-0.2, -0.15) is 0 Å². The fourth-order valence-electron chi connectivity index (χ4n) is 2.05. The van der Waals surface area contributed by atoms with Gasteiger partial charge in [0.1, 0.15) is 17.2 Å². The molecule has 2 rings (SSSR count). The number of carbonyl (C=O) groups excluding carboxylic acids is 1. The summed E-state index contributed by atoms with van der Waals surface area (Å²) >= 11 is 0. The topological polar surface area (TPSA) is 104 Å². The molecule has 0 aliphatic carbocycles. The van der Waals surface area contributed by atoms with Crippen molar-refractivity contribution in [1.29, 1.82) is 0 Å². The van der Waals surface area contributed by atoms with Crippen LogP contribution >= 0.6 is 0 Å². The Morgan fingerprint density at radius 1 is 1.53 bits per heavy atom. The first-order chi connectivity index (χ1) is 8.08. The molecule has 1 aromatic heterocycles. The van der Waals surface area contributed by atoms with Crippen LogP contribution in [0.4, 0.5) is 5.82 Å². The van der Waals surface area contributed by atoms with Crippen LogP contribution in [-0.4, -0.2) is 29.1 Å². The molecule has 0 radical (unpaired) electrons. The van der Waals surface area contributed by atoms with Gasteiger partial charge in [0, 0.05) is 19.6 Å². The molecule has 1 aromatic rings. The van der Waals surface area contributed by atoms with E-state index >= 15 is 0 Å². The first-order valence-electron chi connectivity index (χ1n) is 5.58. The van der Waals surface area contributed by atoms with Gasteiger partial charge in [-0.15, -0.1) is 0 Å². The van der Waals surface area contributed by atoms with Gasteiger partial charge in [0.05, 0.1) is 5.69 Å². The summed E-state index contributed by atoms with van der Waals surface area (Å²) in [5.41, 5.74) is 11.7. The molecular formula is C11H16N4O2. The van der Waals surface area contributed by atoms with E-state index in [1.807, 2.05) is 0 Å². The van der Waals surface area contributed by atoms with Crippen molar-refractivity contribution in [2.24, 2.45) is 11.7 Å². The Labute approximate surface area is 99.4 Å². The zero-order valence-electron chi connectivity index (χ0n) is 9.77. The van der Waals surface area contributed by atoms with Crippen molar-refractivity contribution in [2.75, 3.05) is 18.9 Å². The Bertz CT molecular complexity index is 418. The lowest BCUT2D eigenvalue weighted by Crippen LogP contribution is -2.19. The third kappa shape index (κ3) is 2.52. The highest BCUT2D eigenvalue weighted by atomic mass is 16.5. The molecular weight excluding hydrogens is 220 g/mol. The lowest BCUT2D eigenvalue weighted by molar-refractivity contribution is 0.1000. The third-order valence-electron chi connectivity index (χ3n) is 2.91. The molecule has 1 saturated heterocycles. The fraction of sp³-hybridized carbons (Fsp3) is 0.545. The van der Waals surface area contributed by atoms with Crippen molar-refractivity contribution in [3.63, 3.8) is 0 Å². The van der Waals surface area contributed by atoms with Gasteiger partial charge in [0.2, 0.25) is 0 Å². The van der Waals surface area contributed by atoms with Crippen LogP contribution in [-0.2, 0) is 11.2 Å². The molecule has 1 atom stereocenters. The minimum atomic E-state index is -0.587. The zero-order chi connectivity index (χ0) is 12.4. The molecule has 2 heterocycles. The standard InChI is InChI=1S/C11H16N4O2/c1-6-9(11(13)16)10(12)15-8(14-6)4-7-2-3-17-5-7/h7H,2-5H2,1H3,(H2,13,16)(H2,12,14,15). The number of primary amides is 1. The normalized spacial score (nSPS) is 19.5. The van der Waals surface area contributed by atoms with Gasteiger partial charge >= 0.3 is 0 Å². The highest BCUT2D eigenvalue weighted by Crippen LogP contribution is 2.19. The van der Waals surface area contributed by atoms with Gasteiger partial charge in [-0.05, 0) is 19.3 Å². The van der Waals surface area contributed by atoms with Gasteiger partial charge in [-0.3, -0.25) is 4.79 Å². The highest BCUT2D eigenvalue weighted by Gasteiger charge is 2.20. The zero-order valence-corrected chi connectivity index (χ0v) is 9.77. The molecule has 0 bridgehead atoms. The molecule has 17 heavy (non-hydrogen) atoms. The maximum atomic E-state index is 11.1. The lowest BCUT2D eigenvalue weighted by atomic mass is 10.0. The number of hydrogen-bond acceptors (Lipinski definition) is 5. The van der Waals surface area contributed by atoms with E-state index in [0.717, 1.165) is 26.1 Å². The van der Waals surface area contributed by atoms with Crippen LogP contribution < -0.4 is 11.5 Å². The molecule has 0 spiro atoms. The quantitative estimate of drug-likeness (QED) is 0.771. The number of aryl methyl sites for hydroxylation is 1. The monoisotopic (exact) mass is 236 g/mol. The molecule has 4 N–H and O–H groups in total. The van der Waals surface area contributed by atoms with Gasteiger partial charge in [-0.25, -0.2) is 9.97 Å². The van der Waals surface area contributed by atoms with E-state index in [4.69, 9.17) is 16.2 Å². The Hall–Kier alpha value is -1.69. The van der Waals surface area contributed by atoms with E-state index in [0.29, 0.717) is 17.4 Å². The number of anilines is 1. The first-order valence-corrected chi connectivity index (χ1v) is 5.58. The molecule has 92 valence electrons. The summed E-state index contributed by atoms with van der Waals surface area (Å²) in [6.07, 6.45) is 1.74. The van der Waals surface area contributed by atoms with Crippen molar-refractivity contribution in [3.8, 4) is 0 Å². The van der Waals surface area contributed by atoms with Crippen LogP contribution in [0.1, 0.15) is 28.3 Å². The number of rotatable bonds is 3. The minimum absolute atomic E-state index is 0.166. The predicted molar refractivity (Wildman–Crippen MR) is 62.3 cm³/mol. The molecule has 1 aliphatic heterocycles. The Balaban J connectivity index is 2.22. The largest absolute Gasteiger partial charge is 0.383 e.